The molecule has 4 nitrogen and oxygen atoms in total. The van der Waals surface area contributed by atoms with Gasteiger partial charge in [0.2, 0.25) is 0 Å². The van der Waals surface area contributed by atoms with Crippen LogP contribution in [0.15, 0.2) is 21.1 Å². The maximum Gasteiger partial charge on any atom is 0.106 e. The highest BCUT2D eigenvalue weighted by molar-refractivity contribution is 9.11. The number of nitrogens with one attached hydrogen (secondary N) is 1. The number of benzene rings is 1. The summed E-state index contributed by atoms with van der Waals surface area (Å²) >= 11 is 7.16. The van der Waals surface area contributed by atoms with E-state index in [-0.39, 0.29) is 12.3 Å². The van der Waals surface area contributed by atoms with Crippen LogP contribution in [0, 0.1) is 0 Å². The van der Waals surface area contributed by atoms with E-state index in [1.807, 2.05) is 13.0 Å². The van der Waals surface area contributed by atoms with Crippen LogP contribution in [0.4, 0.5) is 5.69 Å². The Kier molecular flexibility index (Phi) is 5.14. The van der Waals surface area contributed by atoms with Crippen LogP contribution >= 0.6 is 31.9 Å². The molecule has 1 aromatic rings. The number of nitrogens with zero attached hydrogens (tertiary/aromatic N) is 1. The maximum atomic E-state index is 10.2. The molecule has 1 aromatic carbocycles. The largest absolute Gasteiger partial charge is 0.393 e. The third kappa shape index (κ3) is 3.36. The highest BCUT2D eigenvalue weighted by Crippen LogP contribution is 2.38. The molecule has 122 valence electrons. The van der Waals surface area contributed by atoms with Crippen LogP contribution in [0.1, 0.15) is 38.2 Å². The van der Waals surface area contributed by atoms with Crippen molar-refractivity contribution in [2.75, 3.05) is 5.32 Å². The third-order valence-electron chi connectivity index (χ3n) is 4.73. The first-order valence-electron chi connectivity index (χ1n) is 7.82. The van der Waals surface area contributed by atoms with Crippen molar-refractivity contribution in [3.8, 4) is 0 Å². The summed E-state index contributed by atoms with van der Waals surface area (Å²) < 4.78 is 2.07. The molecule has 0 spiro atoms. The zero-order valence-electron chi connectivity index (χ0n) is 12.6. The Morgan fingerprint density at radius 2 is 1.91 bits per heavy atom. The van der Waals surface area contributed by atoms with Gasteiger partial charge in [-0.1, -0.05) is 15.9 Å². The fraction of sp³-hybridized carbons (Fsp3) is 0.625. The van der Waals surface area contributed by atoms with E-state index in [9.17, 15) is 10.2 Å². The highest BCUT2D eigenvalue weighted by Gasteiger charge is 2.36. The van der Waals surface area contributed by atoms with Gasteiger partial charge in [0.15, 0.2) is 0 Å². The van der Waals surface area contributed by atoms with Crippen molar-refractivity contribution in [3.05, 3.63) is 26.6 Å². The number of aliphatic hydroxyl groups excluding tert-OH is 2. The van der Waals surface area contributed by atoms with Gasteiger partial charge in [0.1, 0.15) is 6.17 Å². The van der Waals surface area contributed by atoms with Gasteiger partial charge in [-0.25, -0.2) is 0 Å². The standard InChI is InChI=1S/C16H22Br2N2O2/c1-9(21)16-19-15-10(6-11(17)7-14(15)18)8-20(16)12-2-4-13(22)5-3-12/h6-7,9,12-13,16,19,21-22H,2-5,8H2,1H3. The monoisotopic (exact) mass is 432 g/mol. The van der Waals surface area contributed by atoms with Crippen molar-refractivity contribution < 1.29 is 10.2 Å². The lowest BCUT2D eigenvalue weighted by Gasteiger charge is -2.46. The smallest absolute Gasteiger partial charge is 0.106 e. The molecule has 6 heteroatoms. The number of anilines is 1. The summed E-state index contributed by atoms with van der Waals surface area (Å²) in [6.45, 7) is 2.65. The summed E-state index contributed by atoms with van der Waals surface area (Å²) in [7, 11) is 0. The first kappa shape index (κ1) is 16.7. The van der Waals surface area contributed by atoms with E-state index in [0.29, 0.717) is 6.04 Å². The Morgan fingerprint density at radius 3 is 2.55 bits per heavy atom. The SMILES string of the molecule is CC(O)C1Nc2c(Br)cc(Br)cc2CN1C1CCC(O)CC1. The molecule has 1 saturated carbocycles. The van der Waals surface area contributed by atoms with Crippen molar-refractivity contribution in [3.63, 3.8) is 0 Å². The molecule has 3 N–H and O–H groups in total. The summed E-state index contributed by atoms with van der Waals surface area (Å²) in [5.74, 6) is 0. The van der Waals surface area contributed by atoms with Gasteiger partial charge in [-0.05, 0) is 66.2 Å². The fourth-order valence-electron chi connectivity index (χ4n) is 3.58. The molecule has 0 radical (unpaired) electrons. The topological polar surface area (TPSA) is 55.7 Å². The van der Waals surface area contributed by atoms with E-state index in [2.05, 4.69) is 48.1 Å². The zero-order chi connectivity index (χ0) is 15.9. The predicted octanol–water partition coefficient (Wildman–Crippen LogP) is 3.45. The van der Waals surface area contributed by atoms with Gasteiger partial charge in [0.05, 0.1) is 17.9 Å². The van der Waals surface area contributed by atoms with E-state index in [1.54, 1.807) is 0 Å². The van der Waals surface area contributed by atoms with E-state index >= 15 is 0 Å². The number of hydrogen-bond donors (Lipinski definition) is 3. The Morgan fingerprint density at radius 1 is 1.23 bits per heavy atom. The number of aliphatic hydroxyl groups is 2. The van der Waals surface area contributed by atoms with Crippen LogP contribution in [0.5, 0.6) is 0 Å². The second kappa shape index (κ2) is 6.77. The van der Waals surface area contributed by atoms with Gasteiger partial charge in [-0.3, -0.25) is 4.90 Å². The Labute approximate surface area is 148 Å². The second-order valence-electron chi connectivity index (χ2n) is 6.39. The first-order valence-corrected chi connectivity index (χ1v) is 9.40. The van der Waals surface area contributed by atoms with Gasteiger partial charge in [-0.2, -0.15) is 0 Å². The lowest BCUT2D eigenvalue weighted by molar-refractivity contribution is 0.00703. The molecule has 1 aliphatic heterocycles. The van der Waals surface area contributed by atoms with E-state index in [0.717, 1.165) is 46.9 Å². The summed E-state index contributed by atoms with van der Waals surface area (Å²) in [5.41, 5.74) is 2.30. The molecule has 1 aliphatic carbocycles. The Balaban J connectivity index is 1.88. The molecule has 2 unspecified atom stereocenters. The Hall–Kier alpha value is -0.140. The number of rotatable bonds is 2. The minimum absolute atomic E-state index is 0.0924. The molecule has 2 aliphatic rings. The van der Waals surface area contributed by atoms with E-state index in [1.165, 1.54) is 5.56 Å². The molecule has 22 heavy (non-hydrogen) atoms. The lowest BCUT2D eigenvalue weighted by Crippen LogP contribution is -2.55. The molecule has 0 aromatic heterocycles. The average molecular weight is 434 g/mol. The van der Waals surface area contributed by atoms with Gasteiger partial charge in [-0.15, -0.1) is 0 Å². The minimum atomic E-state index is -0.462. The van der Waals surface area contributed by atoms with Crippen molar-refractivity contribution in [1.29, 1.82) is 0 Å². The summed E-state index contributed by atoms with van der Waals surface area (Å²) in [6, 6.07) is 4.56. The summed E-state index contributed by atoms with van der Waals surface area (Å²) in [6.07, 6.45) is 2.95. The fourth-order valence-corrected chi connectivity index (χ4v) is 5.01. The molecule has 0 bridgehead atoms. The summed E-state index contributed by atoms with van der Waals surface area (Å²) in [5, 5.41) is 23.5. The van der Waals surface area contributed by atoms with Crippen LogP contribution in [0.25, 0.3) is 0 Å². The van der Waals surface area contributed by atoms with Crippen molar-refractivity contribution in [1.82, 2.24) is 4.90 Å². The molecule has 3 rings (SSSR count). The average Bonchev–Trinajstić information content (AvgIpc) is 2.46. The van der Waals surface area contributed by atoms with Crippen LogP contribution in [-0.2, 0) is 6.54 Å². The van der Waals surface area contributed by atoms with Crippen molar-refractivity contribution in [2.24, 2.45) is 0 Å². The molecule has 1 heterocycles. The predicted molar refractivity (Wildman–Crippen MR) is 94.7 cm³/mol. The molecular weight excluding hydrogens is 412 g/mol. The van der Waals surface area contributed by atoms with Crippen LogP contribution in [0.3, 0.4) is 0 Å². The highest BCUT2D eigenvalue weighted by atomic mass is 79.9. The van der Waals surface area contributed by atoms with E-state index in [4.69, 9.17) is 0 Å². The molecule has 1 fully saturated rings. The van der Waals surface area contributed by atoms with Crippen LogP contribution < -0.4 is 5.32 Å². The third-order valence-corrected chi connectivity index (χ3v) is 5.81. The van der Waals surface area contributed by atoms with E-state index < -0.39 is 6.10 Å². The van der Waals surface area contributed by atoms with Crippen LogP contribution in [-0.4, -0.2) is 39.5 Å². The van der Waals surface area contributed by atoms with Gasteiger partial charge in [0, 0.05) is 21.5 Å². The lowest BCUT2D eigenvalue weighted by atomic mass is 9.90. The van der Waals surface area contributed by atoms with Gasteiger partial charge >= 0.3 is 0 Å². The second-order valence-corrected chi connectivity index (χ2v) is 8.16. The normalized spacial score (nSPS) is 30.5. The zero-order valence-corrected chi connectivity index (χ0v) is 15.8. The van der Waals surface area contributed by atoms with Gasteiger partial charge < -0.3 is 15.5 Å². The quantitative estimate of drug-likeness (QED) is 0.668. The molecular formula is C16H22Br2N2O2. The molecule has 0 saturated heterocycles. The number of fused-ring (bicyclic) bond motifs is 1. The van der Waals surface area contributed by atoms with Crippen LogP contribution in [0.2, 0.25) is 0 Å². The van der Waals surface area contributed by atoms with Crippen molar-refractivity contribution >= 4 is 37.5 Å². The number of halogens is 2. The number of hydrogen-bond acceptors (Lipinski definition) is 4. The minimum Gasteiger partial charge on any atom is -0.393 e. The molecule has 2 atom stereocenters. The Bertz CT molecular complexity index is 545. The van der Waals surface area contributed by atoms with Crippen molar-refractivity contribution in [2.45, 2.75) is 63.6 Å². The summed E-state index contributed by atoms with van der Waals surface area (Å²) in [4.78, 5) is 2.36. The maximum absolute atomic E-state index is 10.2. The van der Waals surface area contributed by atoms with Gasteiger partial charge in [0.25, 0.3) is 0 Å². The first-order chi connectivity index (χ1) is 10.5. The molecule has 0 amide bonds.